The minimum Gasteiger partial charge on any atom is -0.497 e. The Bertz CT molecular complexity index is 388. The number of allylic oxidation sites excluding steroid dienone is 1. The van der Waals surface area contributed by atoms with Crippen LogP contribution in [-0.2, 0) is 4.79 Å². The molecule has 4 nitrogen and oxygen atoms in total. The predicted molar refractivity (Wildman–Crippen MR) is 65.4 cm³/mol. The minimum atomic E-state index is -0.794. The summed E-state index contributed by atoms with van der Waals surface area (Å²) in [6, 6.07) is 5.51. The fraction of sp³-hybridized carbons (Fsp3) is 0.308. The molecule has 0 amide bonds. The number of benzene rings is 1. The molecule has 4 heteroatoms. The van der Waals surface area contributed by atoms with Crippen molar-refractivity contribution in [3.05, 3.63) is 29.8 Å². The number of rotatable bonds is 6. The third kappa shape index (κ3) is 4.59. The highest BCUT2D eigenvalue weighted by atomic mass is 16.5. The Morgan fingerprint density at radius 1 is 1.24 bits per heavy atom. The fourth-order valence-corrected chi connectivity index (χ4v) is 1.35. The number of hydrogen-bond acceptors (Lipinski definition) is 3. The van der Waals surface area contributed by atoms with Gasteiger partial charge in [0.25, 0.3) is 0 Å². The van der Waals surface area contributed by atoms with Crippen molar-refractivity contribution in [2.75, 3.05) is 14.2 Å². The Morgan fingerprint density at radius 2 is 1.82 bits per heavy atom. The largest absolute Gasteiger partial charge is 0.497 e. The van der Waals surface area contributed by atoms with Crippen LogP contribution >= 0.6 is 0 Å². The van der Waals surface area contributed by atoms with Gasteiger partial charge in [-0.25, -0.2) is 0 Å². The lowest BCUT2D eigenvalue weighted by Crippen LogP contribution is -1.91. The summed E-state index contributed by atoms with van der Waals surface area (Å²) < 4.78 is 10.3. The van der Waals surface area contributed by atoms with Crippen LogP contribution in [0.4, 0.5) is 0 Å². The molecular weight excluding hydrogens is 220 g/mol. The number of carboxylic acids is 1. The van der Waals surface area contributed by atoms with Gasteiger partial charge in [0.1, 0.15) is 11.5 Å². The fourth-order valence-electron chi connectivity index (χ4n) is 1.35. The highest BCUT2D eigenvalue weighted by Crippen LogP contribution is 2.23. The number of ether oxygens (including phenoxy) is 2. The smallest absolute Gasteiger partial charge is 0.303 e. The highest BCUT2D eigenvalue weighted by Gasteiger charge is 1.99. The van der Waals surface area contributed by atoms with Gasteiger partial charge in [-0.05, 0) is 24.1 Å². The SMILES string of the molecule is COc1cc(C=CCCC(=O)O)cc(OC)c1. The Balaban J connectivity index is 2.72. The Kier molecular flexibility index (Phi) is 5.07. The van der Waals surface area contributed by atoms with Gasteiger partial charge in [-0.2, -0.15) is 0 Å². The van der Waals surface area contributed by atoms with Crippen LogP contribution in [-0.4, -0.2) is 25.3 Å². The topological polar surface area (TPSA) is 55.8 Å². The predicted octanol–water partition coefficient (Wildman–Crippen LogP) is 2.58. The van der Waals surface area contributed by atoms with E-state index in [1.165, 1.54) is 0 Å². The summed E-state index contributed by atoms with van der Waals surface area (Å²) in [4.78, 5) is 10.3. The molecule has 1 rings (SSSR count). The molecule has 1 aromatic rings. The van der Waals surface area contributed by atoms with Crippen molar-refractivity contribution in [2.45, 2.75) is 12.8 Å². The molecule has 1 N–H and O–H groups in total. The van der Waals surface area contributed by atoms with Crippen LogP contribution in [0.5, 0.6) is 11.5 Å². The first kappa shape index (κ1) is 13.1. The molecule has 0 unspecified atom stereocenters. The molecule has 1 aromatic carbocycles. The van der Waals surface area contributed by atoms with Crippen LogP contribution in [0.2, 0.25) is 0 Å². The second-order valence-corrected chi connectivity index (χ2v) is 3.48. The number of methoxy groups -OCH3 is 2. The normalized spacial score (nSPS) is 10.5. The van der Waals surface area contributed by atoms with Crippen LogP contribution in [0.15, 0.2) is 24.3 Å². The molecule has 0 radical (unpaired) electrons. The van der Waals surface area contributed by atoms with Gasteiger partial charge in [0.05, 0.1) is 14.2 Å². The quantitative estimate of drug-likeness (QED) is 0.824. The lowest BCUT2D eigenvalue weighted by molar-refractivity contribution is -0.136. The van der Waals surface area contributed by atoms with E-state index in [-0.39, 0.29) is 6.42 Å². The number of aliphatic carboxylic acids is 1. The molecule has 0 bridgehead atoms. The molecule has 0 saturated heterocycles. The molecule has 0 aromatic heterocycles. The maximum atomic E-state index is 10.3. The van der Waals surface area contributed by atoms with Crippen molar-refractivity contribution in [1.82, 2.24) is 0 Å². The summed E-state index contributed by atoms with van der Waals surface area (Å²) in [5.41, 5.74) is 0.923. The minimum absolute atomic E-state index is 0.137. The van der Waals surface area contributed by atoms with Crippen LogP contribution in [0, 0.1) is 0 Å². The molecule has 0 aliphatic heterocycles. The van der Waals surface area contributed by atoms with Crippen LogP contribution in [0.3, 0.4) is 0 Å². The van der Waals surface area contributed by atoms with Crippen molar-refractivity contribution in [2.24, 2.45) is 0 Å². The van der Waals surface area contributed by atoms with E-state index in [9.17, 15) is 4.79 Å². The molecular formula is C13H16O4. The van der Waals surface area contributed by atoms with Crippen LogP contribution < -0.4 is 9.47 Å². The third-order valence-corrected chi connectivity index (χ3v) is 2.21. The van der Waals surface area contributed by atoms with Gasteiger partial charge in [-0.15, -0.1) is 0 Å². The Morgan fingerprint density at radius 3 is 2.29 bits per heavy atom. The summed E-state index contributed by atoms with van der Waals surface area (Å²) in [7, 11) is 3.18. The maximum absolute atomic E-state index is 10.3. The van der Waals surface area contributed by atoms with Crippen molar-refractivity contribution in [3.63, 3.8) is 0 Å². The summed E-state index contributed by atoms with van der Waals surface area (Å²) in [6.07, 6.45) is 4.32. The first-order valence-electron chi connectivity index (χ1n) is 5.27. The first-order valence-corrected chi connectivity index (χ1v) is 5.27. The van der Waals surface area contributed by atoms with Crippen molar-refractivity contribution < 1.29 is 19.4 Å². The molecule has 0 aliphatic carbocycles. The molecule has 92 valence electrons. The molecule has 0 atom stereocenters. The van der Waals surface area contributed by atoms with E-state index < -0.39 is 5.97 Å². The van der Waals surface area contributed by atoms with Crippen LogP contribution in [0.1, 0.15) is 18.4 Å². The van der Waals surface area contributed by atoms with Gasteiger partial charge < -0.3 is 14.6 Å². The zero-order valence-electron chi connectivity index (χ0n) is 9.97. The van der Waals surface area contributed by atoms with E-state index in [1.807, 2.05) is 24.3 Å². The lowest BCUT2D eigenvalue weighted by Gasteiger charge is -2.05. The molecule has 0 saturated carbocycles. The van der Waals surface area contributed by atoms with Gasteiger partial charge in [-0.1, -0.05) is 12.2 Å². The first-order chi connectivity index (χ1) is 8.15. The van der Waals surface area contributed by atoms with Gasteiger partial charge in [0, 0.05) is 12.5 Å². The Hall–Kier alpha value is -1.97. The Labute approximate surface area is 100 Å². The molecule has 0 spiro atoms. The number of carboxylic acid groups (broad SMARTS) is 1. The van der Waals surface area contributed by atoms with E-state index in [0.717, 1.165) is 5.56 Å². The van der Waals surface area contributed by atoms with E-state index in [0.29, 0.717) is 17.9 Å². The number of carbonyl (C=O) groups is 1. The third-order valence-electron chi connectivity index (χ3n) is 2.21. The van der Waals surface area contributed by atoms with Gasteiger partial charge in [-0.3, -0.25) is 4.79 Å². The second kappa shape index (κ2) is 6.58. The summed E-state index contributed by atoms with van der Waals surface area (Å²) in [6.45, 7) is 0. The zero-order valence-corrected chi connectivity index (χ0v) is 9.97. The average Bonchev–Trinajstić information content (AvgIpc) is 2.34. The van der Waals surface area contributed by atoms with Gasteiger partial charge in [0.15, 0.2) is 0 Å². The summed E-state index contributed by atoms with van der Waals surface area (Å²) in [5, 5.41) is 8.50. The monoisotopic (exact) mass is 236 g/mol. The lowest BCUT2D eigenvalue weighted by atomic mass is 10.1. The standard InChI is InChI=1S/C13H16O4/c1-16-11-7-10(8-12(9-11)17-2)5-3-4-6-13(14)15/h3,5,7-9H,4,6H2,1-2H3,(H,14,15). The summed E-state index contributed by atoms with van der Waals surface area (Å²) >= 11 is 0. The molecule has 0 fully saturated rings. The van der Waals surface area contributed by atoms with Gasteiger partial charge in [0.2, 0.25) is 0 Å². The van der Waals surface area contributed by atoms with Crippen molar-refractivity contribution in [3.8, 4) is 11.5 Å². The zero-order chi connectivity index (χ0) is 12.7. The van der Waals surface area contributed by atoms with Crippen molar-refractivity contribution >= 4 is 12.0 Å². The average molecular weight is 236 g/mol. The van der Waals surface area contributed by atoms with E-state index >= 15 is 0 Å². The number of hydrogen-bond donors (Lipinski definition) is 1. The maximum Gasteiger partial charge on any atom is 0.303 e. The molecule has 17 heavy (non-hydrogen) atoms. The van der Waals surface area contributed by atoms with Crippen LogP contribution in [0.25, 0.3) is 6.08 Å². The highest BCUT2D eigenvalue weighted by molar-refractivity contribution is 5.67. The van der Waals surface area contributed by atoms with E-state index in [1.54, 1.807) is 20.3 Å². The van der Waals surface area contributed by atoms with E-state index in [2.05, 4.69) is 0 Å². The van der Waals surface area contributed by atoms with E-state index in [4.69, 9.17) is 14.6 Å². The van der Waals surface area contributed by atoms with Crippen molar-refractivity contribution in [1.29, 1.82) is 0 Å². The van der Waals surface area contributed by atoms with Gasteiger partial charge >= 0.3 is 5.97 Å². The summed E-state index contributed by atoms with van der Waals surface area (Å²) in [5.74, 6) is 0.627. The molecule has 0 heterocycles. The second-order valence-electron chi connectivity index (χ2n) is 3.48. The molecule has 0 aliphatic rings.